The number of rotatable bonds is 4. The summed E-state index contributed by atoms with van der Waals surface area (Å²) in [6.45, 7) is 4.10. The molecule has 2 fully saturated rings. The van der Waals surface area contributed by atoms with Crippen molar-refractivity contribution >= 4 is 29.3 Å². The number of ether oxygens (including phenoxy) is 1. The molecule has 21 heavy (non-hydrogen) atoms. The Labute approximate surface area is 128 Å². The molecule has 7 heteroatoms. The minimum atomic E-state index is -0.110. The second-order valence-electron chi connectivity index (χ2n) is 5.14. The minimum Gasteiger partial charge on any atom is -0.376 e. The number of hydrogen-bond donors (Lipinski definition) is 1. The van der Waals surface area contributed by atoms with Crippen LogP contribution in [0, 0.1) is 0 Å². The van der Waals surface area contributed by atoms with Gasteiger partial charge < -0.3 is 10.1 Å². The number of aryl methyl sites for hydroxylation is 1. The van der Waals surface area contributed by atoms with E-state index in [-0.39, 0.29) is 12.0 Å². The molecular formula is C14H18N4O2S. The van der Waals surface area contributed by atoms with Gasteiger partial charge >= 0.3 is 0 Å². The van der Waals surface area contributed by atoms with Crippen LogP contribution in [0.25, 0.3) is 6.08 Å². The summed E-state index contributed by atoms with van der Waals surface area (Å²) in [6.07, 6.45) is 5.73. The first kappa shape index (κ1) is 14.2. The van der Waals surface area contributed by atoms with E-state index in [9.17, 15) is 4.79 Å². The zero-order valence-electron chi connectivity index (χ0n) is 11.9. The highest BCUT2D eigenvalue weighted by Crippen LogP contribution is 2.18. The van der Waals surface area contributed by atoms with Crippen molar-refractivity contribution in [1.29, 1.82) is 0 Å². The third-order valence-corrected chi connectivity index (χ3v) is 3.97. The van der Waals surface area contributed by atoms with E-state index in [2.05, 4.69) is 10.4 Å². The zero-order valence-corrected chi connectivity index (χ0v) is 12.7. The summed E-state index contributed by atoms with van der Waals surface area (Å²) in [5, 5.41) is 7.75. The van der Waals surface area contributed by atoms with E-state index in [0.717, 1.165) is 31.7 Å². The lowest BCUT2D eigenvalue weighted by Crippen LogP contribution is -2.37. The van der Waals surface area contributed by atoms with Crippen molar-refractivity contribution in [2.45, 2.75) is 32.4 Å². The highest BCUT2D eigenvalue weighted by Gasteiger charge is 2.33. The maximum atomic E-state index is 12.4. The number of nitrogens with one attached hydrogen (secondary N) is 1. The monoisotopic (exact) mass is 306 g/mol. The van der Waals surface area contributed by atoms with Crippen LogP contribution in [-0.2, 0) is 16.1 Å². The molecule has 112 valence electrons. The fourth-order valence-corrected chi connectivity index (χ4v) is 2.78. The Kier molecular flexibility index (Phi) is 4.03. The molecular weight excluding hydrogens is 288 g/mol. The molecule has 1 atom stereocenters. The number of nitrogens with zero attached hydrogens (tertiary/aromatic N) is 3. The molecule has 1 N–H and O–H groups in total. The highest BCUT2D eigenvalue weighted by molar-refractivity contribution is 7.80. The summed E-state index contributed by atoms with van der Waals surface area (Å²) in [5.74, 6) is -0.110. The molecule has 2 saturated heterocycles. The summed E-state index contributed by atoms with van der Waals surface area (Å²) in [6, 6.07) is 1.87. The van der Waals surface area contributed by atoms with Crippen molar-refractivity contribution in [3.05, 3.63) is 23.7 Å². The number of hydrogen-bond acceptors (Lipinski definition) is 4. The van der Waals surface area contributed by atoms with Crippen molar-refractivity contribution in [1.82, 2.24) is 20.0 Å². The Bertz CT molecular complexity index is 590. The second-order valence-corrected chi connectivity index (χ2v) is 5.52. The van der Waals surface area contributed by atoms with Crippen LogP contribution in [-0.4, -0.2) is 45.0 Å². The average molecular weight is 306 g/mol. The molecule has 0 spiro atoms. The van der Waals surface area contributed by atoms with E-state index >= 15 is 0 Å². The van der Waals surface area contributed by atoms with Gasteiger partial charge in [0.2, 0.25) is 0 Å². The topological polar surface area (TPSA) is 59.4 Å². The first-order valence-corrected chi connectivity index (χ1v) is 7.58. The van der Waals surface area contributed by atoms with E-state index in [1.807, 2.05) is 23.9 Å². The Morgan fingerprint density at radius 1 is 1.62 bits per heavy atom. The van der Waals surface area contributed by atoms with E-state index < -0.39 is 0 Å². The van der Waals surface area contributed by atoms with Crippen LogP contribution in [0.1, 0.15) is 25.5 Å². The lowest BCUT2D eigenvalue weighted by molar-refractivity contribution is -0.123. The van der Waals surface area contributed by atoms with Gasteiger partial charge in [0.25, 0.3) is 5.91 Å². The van der Waals surface area contributed by atoms with Gasteiger partial charge in [-0.3, -0.25) is 14.4 Å². The molecule has 1 aromatic rings. The number of carbonyl (C=O) groups excluding carboxylic acids is 1. The summed E-state index contributed by atoms with van der Waals surface area (Å²) in [5.41, 5.74) is 1.22. The van der Waals surface area contributed by atoms with E-state index in [0.29, 0.717) is 17.4 Å². The summed E-state index contributed by atoms with van der Waals surface area (Å²) in [4.78, 5) is 14.0. The van der Waals surface area contributed by atoms with E-state index in [1.165, 1.54) is 0 Å². The molecule has 2 aliphatic heterocycles. The number of carbonyl (C=O) groups is 1. The van der Waals surface area contributed by atoms with Crippen LogP contribution in [0.5, 0.6) is 0 Å². The quantitative estimate of drug-likeness (QED) is 0.668. The van der Waals surface area contributed by atoms with Gasteiger partial charge in [-0.15, -0.1) is 0 Å². The molecule has 0 bridgehead atoms. The molecule has 1 amide bonds. The van der Waals surface area contributed by atoms with Crippen molar-refractivity contribution in [2.75, 3.05) is 13.2 Å². The lowest BCUT2D eigenvalue weighted by atomic mass is 10.2. The maximum absolute atomic E-state index is 12.4. The van der Waals surface area contributed by atoms with Crippen LogP contribution >= 0.6 is 12.2 Å². The molecule has 6 nitrogen and oxygen atoms in total. The molecule has 1 aromatic heterocycles. The van der Waals surface area contributed by atoms with Crippen LogP contribution < -0.4 is 5.32 Å². The number of aromatic nitrogens is 2. The van der Waals surface area contributed by atoms with Gasteiger partial charge in [0.1, 0.15) is 5.70 Å². The van der Waals surface area contributed by atoms with Crippen LogP contribution in [0.2, 0.25) is 0 Å². The Hall–Kier alpha value is -1.73. The van der Waals surface area contributed by atoms with Gasteiger partial charge in [0.05, 0.1) is 18.3 Å². The van der Waals surface area contributed by atoms with Crippen molar-refractivity contribution in [3.8, 4) is 0 Å². The van der Waals surface area contributed by atoms with Gasteiger partial charge in [-0.25, -0.2) is 0 Å². The van der Waals surface area contributed by atoms with Crippen LogP contribution in [0.15, 0.2) is 18.0 Å². The molecule has 0 aromatic carbocycles. The van der Waals surface area contributed by atoms with Gasteiger partial charge in [0.15, 0.2) is 5.11 Å². The summed E-state index contributed by atoms with van der Waals surface area (Å²) >= 11 is 5.25. The first-order chi connectivity index (χ1) is 10.2. The number of amides is 1. The smallest absolute Gasteiger partial charge is 0.276 e. The van der Waals surface area contributed by atoms with Crippen LogP contribution in [0.4, 0.5) is 0 Å². The van der Waals surface area contributed by atoms with Gasteiger partial charge in [-0.1, -0.05) is 0 Å². The summed E-state index contributed by atoms with van der Waals surface area (Å²) < 4.78 is 7.38. The zero-order chi connectivity index (χ0) is 14.8. The molecule has 3 rings (SSSR count). The Morgan fingerprint density at radius 3 is 3.14 bits per heavy atom. The third kappa shape index (κ3) is 2.98. The second kappa shape index (κ2) is 5.95. The SMILES string of the molecule is CCn1ccc(/C=C2/NC(=S)N(CC3CCCO3)C2=O)n1. The minimum absolute atomic E-state index is 0.0901. The normalized spacial score (nSPS) is 24.1. The molecule has 1 unspecified atom stereocenters. The molecule has 2 aliphatic rings. The fourth-order valence-electron chi connectivity index (χ4n) is 2.51. The molecule has 0 saturated carbocycles. The van der Waals surface area contributed by atoms with Crippen molar-refractivity contribution < 1.29 is 9.53 Å². The van der Waals surface area contributed by atoms with E-state index in [4.69, 9.17) is 17.0 Å². The Morgan fingerprint density at radius 2 is 2.48 bits per heavy atom. The van der Waals surface area contributed by atoms with Gasteiger partial charge in [-0.05, 0) is 44.1 Å². The molecule has 0 radical (unpaired) electrons. The third-order valence-electron chi connectivity index (χ3n) is 3.65. The number of thiocarbonyl (C=S) groups is 1. The highest BCUT2D eigenvalue weighted by atomic mass is 32.1. The average Bonchev–Trinajstić information content (AvgIpc) is 3.18. The van der Waals surface area contributed by atoms with Gasteiger partial charge in [0, 0.05) is 19.3 Å². The van der Waals surface area contributed by atoms with Crippen LogP contribution in [0.3, 0.4) is 0 Å². The maximum Gasteiger partial charge on any atom is 0.276 e. The molecule has 3 heterocycles. The lowest BCUT2D eigenvalue weighted by Gasteiger charge is -2.18. The standard InChI is InChI=1S/C14H18N4O2S/c1-2-17-6-5-10(16-17)8-12-13(19)18(14(21)15-12)9-11-4-3-7-20-11/h5-6,8,11H,2-4,7,9H2,1H3,(H,15,21)/b12-8+. The van der Waals surface area contributed by atoms with Crippen molar-refractivity contribution in [2.24, 2.45) is 0 Å². The first-order valence-electron chi connectivity index (χ1n) is 7.17. The van der Waals surface area contributed by atoms with E-state index in [1.54, 1.807) is 11.0 Å². The van der Waals surface area contributed by atoms with Crippen molar-refractivity contribution in [3.63, 3.8) is 0 Å². The Balaban J connectivity index is 1.72. The largest absolute Gasteiger partial charge is 0.376 e. The summed E-state index contributed by atoms with van der Waals surface area (Å²) in [7, 11) is 0. The predicted molar refractivity (Wildman–Crippen MR) is 82.3 cm³/mol. The fraction of sp³-hybridized carbons (Fsp3) is 0.500. The van der Waals surface area contributed by atoms with Gasteiger partial charge in [-0.2, -0.15) is 5.10 Å². The predicted octanol–water partition coefficient (Wildman–Crippen LogP) is 1.14. The molecule has 0 aliphatic carbocycles.